The summed E-state index contributed by atoms with van der Waals surface area (Å²) in [6.45, 7) is 3.97. The van der Waals surface area contributed by atoms with Gasteiger partial charge in [0.25, 0.3) is 0 Å². The molecular weight excluding hydrogens is 254 g/mol. The fourth-order valence-corrected chi connectivity index (χ4v) is 2.24. The first kappa shape index (κ1) is 12.5. The van der Waals surface area contributed by atoms with Crippen molar-refractivity contribution in [1.29, 1.82) is 0 Å². The number of anilines is 1. The molecule has 3 aromatic rings. The van der Waals surface area contributed by atoms with Gasteiger partial charge in [0.15, 0.2) is 0 Å². The summed E-state index contributed by atoms with van der Waals surface area (Å²) in [6, 6.07) is 5.81. The number of fused-ring (bicyclic) bond motifs is 1. The number of rotatable bonds is 3. The van der Waals surface area contributed by atoms with Gasteiger partial charge >= 0.3 is 0 Å². The molecule has 0 bridgehead atoms. The second kappa shape index (κ2) is 4.56. The Hall–Kier alpha value is -2.50. The number of ether oxygens (including phenoxy) is 1. The number of hydrogen-bond acceptors (Lipinski definition) is 4. The highest BCUT2D eigenvalue weighted by Crippen LogP contribution is 2.29. The minimum atomic E-state index is 0.0883. The van der Waals surface area contributed by atoms with Gasteiger partial charge in [-0.05, 0) is 26.0 Å². The number of para-hydroxylation sites is 1. The van der Waals surface area contributed by atoms with E-state index < -0.39 is 0 Å². The van der Waals surface area contributed by atoms with Crippen LogP contribution in [-0.4, -0.2) is 25.4 Å². The maximum Gasteiger partial charge on any atom is 0.206 e. The molecule has 104 valence electrons. The van der Waals surface area contributed by atoms with Crippen LogP contribution in [0, 0.1) is 0 Å². The maximum atomic E-state index is 6.05. The van der Waals surface area contributed by atoms with E-state index in [1.807, 2.05) is 49.9 Å². The van der Waals surface area contributed by atoms with Crippen molar-refractivity contribution in [1.82, 2.24) is 19.3 Å². The Kier molecular flexibility index (Phi) is 2.85. The average molecular weight is 271 g/mol. The molecule has 6 nitrogen and oxygen atoms in total. The lowest BCUT2D eigenvalue weighted by Gasteiger charge is -2.10. The monoisotopic (exact) mass is 271 g/mol. The van der Waals surface area contributed by atoms with Crippen LogP contribution >= 0.6 is 0 Å². The summed E-state index contributed by atoms with van der Waals surface area (Å²) < 4.78 is 9.39. The number of nitrogens with zero attached hydrogens (tertiary/aromatic N) is 4. The van der Waals surface area contributed by atoms with Crippen LogP contribution in [0.2, 0.25) is 0 Å². The molecule has 2 N–H and O–H groups in total. The molecule has 2 heterocycles. The molecular formula is C14H17N5O. The summed E-state index contributed by atoms with van der Waals surface area (Å²) in [5.41, 5.74) is 8.61. The highest BCUT2D eigenvalue weighted by atomic mass is 16.5. The molecule has 3 rings (SSSR count). The predicted molar refractivity (Wildman–Crippen MR) is 78.0 cm³/mol. The highest BCUT2D eigenvalue weighted by molar-refractivity contribution is 5.86. The smallest absolute Gasteiger partial charge is 0.206 e. The van der Waals surface area contributed by atoms with E-state index in [-0.39, 0.29) is 6.10 Å². The Labute approximate surface area is 116 Å². The lowest BCUT2D eigenvalue weighted by Crippen LogP contribution is -2.05. The molecule has 0 amide bonds. The molecule has 0 spiro atoms. The van der Waals surface area contributed by atoms with E-state index >= 15 is 0 Å². The molecule has 1 aromatic carbocycles. The molecule has 0 saturated carbocycles. The van der Waals surface area contributed by atoms with Crippen LogP contribution in [0.3, 0.4) is 0 Å². The summed E-state index contributed by atoms with van der Waals surface area (Å²) >= 11 is 0. The van der Waals surface area contributed by atoms with E-state index in [2.05, 4.69) is 10.1 Å². The Balaban J connectivity index is 2.21. The zero-order valence-electron chi connectivity index (χ0n) is 11.7. The third-order valence-corrected chi connectivity index (χ3v) is 2.99. The lowest BCUT2D eigenvalue weighted by molar-refractivity contribution is 0.245. The van der Waals surface area contributed by atoms with Crippen molar-refractivity contribution in [2.45, 2.75) is 20.0 Å². The maximum absolute atomic E-state index is 6.05. The number of aromatic nitrogens is 4. The molecule has 0 atom stereocenters. The zero-order chi connectivity index (χ0) is 14.3. The van der Waals surface area contributed by atoms with Crippen LogP contribution < -0.4 is 10.5 Å². The molecule has 0 radical (unpaired) electrons. The van der Waals surface area contributed by atoms with E-state index in [0.717, 1.165) is 22.5 Å². The zero-order valence-corrected chi connectivity index (χ0v) is 11.7. The minimum Gasteiger partial charge on any atom is -0.489 e. The first-order valence-corrected chi connectivity index (χ1v) is 6.49. The van der Waals surface area contributed by atoms with Gasteiger partial charge in [-0.2, -0.15) is 5.10 Å². The van der Waals surface area contributed by atoms with E-state index in [1.165, 1.54) is 0 Å². The number of nitrogen functional groups attached to an aromatic ring is 1. The first-order chi connectivity index (χ1) is 9.56. The van der Waals surface area contributed by atoms with Gasteiger partial charge in [0.1, 0.15) is 11.3 Å². The SMILES string of the molecule is CC(C)Oc1cccc2c1nc(N)n2-c1cnn(C)c1. The van der Waals surface area contributed by atoms with E-state index in [4.69, 9.17) is 10.5 Å². The Bertz CT molecular complexity index is 756. The van der Waals surface area contributed by atoms with Crippen LogP contribution in [-0.2, 0) is 7.05 Å². The molecule has 0 aliphatic rings. The fraction of sp³-hybridized carbons (Fsp3) is 0.286. The number of aryl methyl sites for hydroxylation is 1. The number of benzene rings is 1. The first-order valence-electron chi connectivity index (χ1n) is 6.49. The quantitative estimate of drug-likeness (QED) is 0.792. The lowest BCUT2D eigenvalue weighted by atomic mass is 10.3. The summed E-state index contributed by atoms with van der Waals surface area (Å²) in [5, 5.41) is 4.17. The minimum absolute atomic E-state index is 0.0883. The number of hydrogen-bond donors (Lipinski definition) is 1. The van der Waals surface area contributed by atoms with E-state index in [1.54, 1.807) is 10.9 Å². The molecule has 2 aromatic heterocycles. The van der Waals surface area contributed by atoms with Gasteiger partial charge in [-0.25, -0.2) is 4.98 Å². The van der Waals surface area contributed by atoms with Crippen LogP contribution in [0.5, 0.6) is 5.75 Å². The number of imidazole rings is 1. The number of nitrogens with two attached hydrogens (primary N) is 1. The molecule has 20 heavy (non-hydrogen) atoms. The molecule has 0 unspecified atom stereocenters. The molecule has 0 saturated heterocycles. The van der Waals surface area contributed by atoms with Gasteiger partial charge in [-0.15, -0.1) is 0 Å². The van der Waals surface area contributed by atoms with Gasteiger partial charge < -0.3 is 10.5 Å². The second-order valence-corrected chi connectivity index (χ2v) is 4.97. The fourth-order valence-electron chi connectivity index (χ4n) is 2.24. The normalized spacial score (nSPS) is 11.4. The summed E-state index contributed by atoms with van der Waals surface area (Å²) in [5.74, 6) is 1.17. The Morgan fingerprint density at radius 3 is 2.75 bits per heavy atom. The summed E-state index contributed by atoms with van der Waals surface area (Å²) in [6.07, 6.45) is 3.74. The predicted octanol–water partition coefficient (Wildman–Crippen LogP) is 2.13. The van der Waals surface area contributed by atoms with E-state index in [9.17, 15) is 0 Å². The third kappa shape index (κ3) is 1.99. The van der Waals surface area contributed by atoms with Crippen molar-refractivity contribution in [2.24, 2.45) is 7.05 Å². The molecule has 0 fully saturated rings. The van der Waals surface area contributed by atoms with Gasteiger partial charge in [0.05, 0.1) is 23.5 Å². The highest BCUT2D eigenvalue weighted by Gasteiger charge is 2.15. The van der Waals surface area contributed by atoms with Gasteiger partial charge in [-0.3, -0.25) is 9.25 Å². The average Bonchev–Trinajstić information content (AvgIpc) is 2.92. The van der Waals surface area contributed by atoms with Crippen molar-refractivity contribution in [3.05, 3.63) is 30.6 Å². The van der Waals surface area contributed by atoms with Crippen LogP contribution in [0.15, 0.2) is 30.6 Å². The van der Waals surface area contributed by atoms with Gasteiger partial charge in [0, 0.05) is 13.2 Å². The van der Waals surface area contributed by atoms with Crippen molar-refractivity contribution in [2.75, 3.05) is 5.73 Å². The molecule has 6 heteroatoms. The summed E-state index contributed by atoms with van der Waals surface area (Å²) in [7, 11) is 1.87. The largest absolute Gasteiger partial charge is 0.489 e. The Morgan fingerprint density at radius 2 is 2.10 bits per heavy atom. The van der Waals surface area contributed by atoms with Crippen molar-refractivity contribution < 1.29 is 4.74 Å². The standard InChI is InChI=1S/C14H17N5O/c1-9(2)20-12-6-4-5-11-13(12)17-14(15)19(11)10-7-16-18(3)8-10/h4-9H,1-3H3,(H2,15,17). The van der Waals surface area contributed by atoms with Crippen molar-refractivity contribution >= 4 is 17.0 Å². The third-order valence-electron chi connectivity index (χ3n) is 2.99. The van der Waals surface area contributed by atoms with Crippen molar-refractivity contribution in [3.8, 4) is 11.4 Å². The summed E-state index contributed by atoms with van der Waals surface area (Å²) in [4.78, 5) is 4.43. The molecule has 0 aliphatic carbocycles. The van der Waals surface area contributed by atoms with Crippen molar-refractivity contribution in [3.63, 3.8) is 0 Å². The van der Waals surface area contributed by atoms with Crippen LogP contribution in [0.25, 0.3) is 16.7 Å². The Morgan fingerprint density at radius 1 is 1.30 bits per heavy atom. The van der Waals surface area contributed by atoms with Gasteiger partial charge in [-0.1, -0.05) is 6.07 Å². The molecule has 0 aliphatic heterocycles. The van der Waals surface area contributed by atoms with Gasteiger partial charge in [0.2, 0.25) is 5.95 Å². The van der Waals surface area contributed by atoms with Crippen LogP contribution in [0.4, 0.5) is 5.95 Å². The van der Waals surface area contributed by atoms with E-state index in [0.29, 0.717) is 5.95 Å². The topological polar surface area (TPSA) is 70.9 Å². The van der Waals surface area contributed by atoms with Crippen LogP contribution in [0.1, 0.15) is 13.8 Å². The second-order valence-electron chi connectivity index (χ2n) is 4.97.